The van der Waals surface area contributed by atoms with Crippen LogP contribution in [0.3, 0.4) is 0 Å². The molecule has 0 aliphatic carbocycles. The summed E-state index contributed by atoms with van der Waals surface area (Å²) < 4.78 is 0. The first-order chi connectivity index (χ1) is 9.63. The second kappa shape index (κ2) is 6.29. The van der Waals surface area contributed by atoms with Crippen molar-refractivity contribution in [2.45, 2.75) is 10.8 Å². The molecule has 6 heteroatoms. The van der Waals surface area contributed by atoms with Gasteiger partial charge in [-0.1, -0.05) is 35.5 Å². The summed E-state index contributed by atoms with van der Waals surface area (Å²) in [6, 6.07) is 13.0. The summed E-state index contributed by atoms with van der Waals surface area (Å²) in [6.07, 6.45) is 0. The monoisotopic (exact) mass is 301 g/mol. The van der Waals surface area contributed by atoms with E-state index in [2.05, 4.69) is 11.1 Å². The standard InChI is InChI=1S/C14H9ClN4S/c15-12-3-1-9(2-4-12)8-20-14-11(7-17)5-10(6-16)13(18)19-14/h1-5H,8H2,(H2,18,19)/p+1. The highest BCUT2D eigenvalue weighted by Gasteiger charge is 2.14. The first-order valence-electron chi connectivity index (χ1n) is 5.67. The van der Waals surface area contributed by atoms with Crippen LogP contribution < -0.4 is 10.7 Å². The molecular weight excluding hydrogens is 292 g/mol. The van der Waals surface area contributed by atoms with Crippen molar-refractivity contribution in [3.63, 3.8) is 0 Å². The average molecular weight is 302 g/mol. The van der Waals surface area contributed by atoms with Crippen molar-refractivity contribution in [3.8, 4) is 12.1 Å². The molecule has 0 aliphatic heterocycles. The molecular formula is C14H10ClN4S+. The summed E-state index contributed by atoms with van der Waals surface area (Å²) in [5, 5.41) is 19.3. The Morgan fingerprint density at radius 2 is 1.80 bits per heavy atom. The SMILES string of the molecule is N#Cc1cc(C#N)c(SCc2ccc(Cl)cc2)[nH+]c1N. The molecule has 0 atom stereocenters. The Morgan fingerprint density at radius 3 is 2.40 bits per heavy atom. The van der Waals surface area contributed by atoms with Gasteiger partial charge >= 0.3 is 0 Å². The lowest BCUT2D eigenvalue weighted by Gasteiger charge is -2.03. The molecule has 3 N–H and O–H groups in total. The highest BCUT2D eigenvalue weighted by Crippen LogP contribution is 2.24. The van der Waals surface area contributed by atoms with Crippen LogP contribution in [0.1, 0.15) is 16.7 Å². The molecule has 0 saturated heterocycles. The van der Waals surface area contributed by atoms with Gasteiger partial charge in [0.15, 0.2) is 5.03 Å². The van der Waals surface area contributed by atoms with Crippen LogP contribution in [0.5, 0.6) is 0 Å². The van der Waals surface area contributed by atoms with Crippen LogP contribution in [0.15, 0.2) is 35.4 Å². The number of nitrogens with one attached hydrogen (secondary N) is 1. The number of nitriles is 2. The van der Waals surface area contributed by atoms with Gasteiger partial charge in [-0.25, -0.2) is 4.98 Å². The second-order valence-electron chi connectivity index (χ2n) is 3.98. The molecule has 4 nitrogen and oxygen atoms in total. The molecule has 20 heavy (non-hydrogen) atoms. The Kier molecular flexibility index (Phi) is 4.47. The zero-order chi connectivity index (χ0) is 14.5. The summed E-state index contributed by atoms with van der Waals surface area (Å²) in [6.45, 7) is 0. The van der Waals surface area contributed by atoms with Crippen molar-refractivity contribution in [3.05, 3.63) is 52.0 Å². The number of nitrogens with two attached hydrogens (primary N) is 1. The number of rotatable bonds is 3. The van der Waals surface area contributed by atoms with Crippen molar-refractivity contribution < 1.29 is 4.98 Å². The van der Waals surface area contributed by atoms with Gasteiger partial charge in [-0.05, 0) is 23.8 Å². The summed E-state index contributed by atoms with van der Waals surface area (Å²) in [5.74, 6) is 0.943. The normalized spacial score (nSPS) is 9.75. The van der Waals surface area contributed by atoms with Crippen molar-refractivity contribution >= 4 is 29.2 Å². The van der Waals surface area contributed by atoms with Crippen LogP contribution >= 0.6 is 23.4 Å². The average Bonchev–Trinajstić information content (AvgIpc) is 2.46. The van der Waals surface area contributed by atoms with Crippen molar-refractivity contribution in [1.29, 1.82) is 10.5 Å². The van der Waals surface area contributed by atoms with Crippen molar-refractivity contribution in [1.82, 2.24) is 0 Å². The third-order valence-electron chi connectivity index (χ3n) is 2.61. The van der Waals surface area contributed by atoms with Crippen LogP contribution in [-0.2, 0) is 5.75 Å². The molecule has 0 fully saturated rings. The Balaban J connectivity index is 2.21. The van der Waals surface area contributed by atoms with E-state index in [0.29, 0.717) is 21.4 Å². The third kappa shape index (κ3) is 3.21. The molecule has 0 bridgehead atoms. The lowest BCUT2D eigenvalue weighted by atomic mass is 10.2. The zero-order valence-electron chi connectivity index (χ0n) is 10.4. The number of H-pyrrole nitrogens is 1. The molecule has 0 aliphatic rings. The fourth-order valence-corrected chi connectivity index (χ4v) is 2.64. The quantitative estimate of drug-likeness (QED) is 0.883. The fourth-order valence-electron chi connectivity index (χ4n) is 1.57. The van der Waals surface area contributed by atoms with Crippen LogP contribution in [0.2, 0.25) is 5.02 Å². The van der Waals surface area contributed by atoms with Gasteiger partial charge in [0, 0.05) is 10.8 Å². The number of thioether (sulfide) groups is 1. The Labute approximate surface area is 125 Å². The molecule has 2 rings (SSSR count). The molecule has 1 aromatic heterocycles. The largest absolute Gasteiger partial charge is 0.289 e. The molecule has 0 spiro atoms. The lowest BCUT2D eigenvalue weighted by Crippen LogP contribution is -2.16. The molecule has 1 aromatic carbocycles. The number of benzene rings is 1. The summed E-state index contributed by atoms with van der Waals surface area (Å²) >= 11 is 7.28. The Hall–Kier alpha value is -2.21. The predicted molar refractivity (Wildman–Crippen MR) is 77.9 cm³/mol. The number of aromatic nitrogens is 1. The van der Waals surface area contributed by atoms with Gasteiger partial charge in [0.2, 0.25) is 0 Å². The van der Waals surface area contributed by atoms with Crippen molar-refractivity contribution in [2.24, 2.45) is 0 Å². The second-order valence-corrected chi connectivity index (χ2v) is 5.40. The molecule has 2 aromatic rings. The van der Waals surface area contributed by atoms with Gasteiger partial charge in [0.25, 0.3) is 5.82 Å². The first kappa shape index (κ1) is 14.2. The number of nitrogen functional groups attached to an aromatic ring is 1. The third-order valence-corrected chi connectivity index (χ3v) is 3.95. The maximum atomic E-state index is 9.11. The maximum Gasteiger partial charge on any atom is 0.289 e. The minimum Gasteiger partial charge on any atom is -0.286 e. The van der Waals surface area contributed by atoms with Gasteiger partial charge in [-0.2, -0.15) is 10.5 Å². The van der Waals surface area contributed by atoms with E-state index >= 15 is 0 Å². The number of hydrogen-bond donors (Lipinski definition) is 1. The van der Waals surface area contributed by atoms with Gasteiger partial charge in [0.05, 0.1) is 0 Å². The number of nitrogens with zero attached hydrogens (tertiary/aromatic N) is 2. The molecule has 0 amide bonds. The topological polar surface area (TPSA) is 87.7 Å². The van der Waals surface area contributed by atoms with Crippen LogP contribution in [0.25, 0.3) is 0 Å². The van der Waals surface area contributed by atoms with Gasteiger partial charge in [0.1, 0.15) is 23.3 Å². The molecule has 0 unspecified atom stereocenters. The number of pyridine rings is 1. The van der Waals surface area contributed by atoms with E-state index in [4.69, 9.17) is 27.9 Å². The minimum atomic E-state index is 0.269. The van der Waals surface area contributed by atoms with Crippen LogP contribution in [0.4, 0.5) is 5.82 Å². The molecule has 98 valence electrons. The number of anilines is 1. The Morgan fingerprint density at radius 1 is 1.15 bits per heavy atom. The summed E-state index contributed by atoms with van der Waals surface area (Å²) in [4.78, 5) is 2.90. The maximum absolute atomic E-state index is 9.11. The van der Waals surface area contributed by atoms with E-state index in [9.17, 15) is 0 Å². The van der Waals surface area contributed by atoms with E-state index in [0.717, 1.165) is 5.56 Å². The van der Waals surface area contributed by atoms with Crippen LogP contribution in [0, 0.1) is 22.7 Å². The Bertz CT molecular complexity index is 714. The van der Waals surface area contributed by atoms with Crippen molar-refractivity contribution in [2.75, 3.05) is 5.73 Å². The summed E-state index contributed by atoms with van der Waals surface area (Å²) in [7, 11) is 0. The predicted octanol–water partition coefficient (Wildman–Crippen LogP) is 2.77. The van der Waals surface area contributed by atoms with E-state index < -0.39 is 0 Å². The highest BCUT2D eigenvalue weighted by atomic mass is 35.5. The van der Waals surface area contributed by atoms with E-state index in [-0.39, 0.29) is 11.4 Å². The smallest absolute Gasteiger partial charge is 0.286 e. The van der Waals surface area contributed by atoms with Gasteiger partial charge < -0.3 is 0 Å². The van der Waals surface area contributed by atoms with Crippen LogP contribution in [-0.4, -0.2) is 0 Å². The van der Waals surface area contributed by atoms with E-state index in [1.807, 2.05) is 30.3 Å². The number of aromatic amines is 1. The number of hydrogen-bond acceptors (Lipinski definition) is 4. The molecule has 0 saturated carbocycles. The first-order valence-corrected chi connectivity index (χ1v) is 7.03. The van der Waals surface area contributed by atoms with Gasteiger partial charge in [-0.3, -0.25) is 5.73 Å². The van der Waals surface area contributed by atoms with E-state index in [1.54, 1.807) is 0 Å². The van der Waals surface area contributed by atoms with Gasteiger partial charge in [-0.15, -0.1) is 0 Å². The highest BCUT2D eigenvalue weighted by molar-refractivity contribution is 7.98. The molecule has 0 radical (unpaired) electrons. The minimum absolute atomic E-state index is 0.269. The lowest BCUT2D eigenvalue weighted by molar-refractivity contribution is -0.410. The molecule has 1 heterocycles. The fraction of sp³-hybridized carbons (Fsp3) is 0.0714. The zero-order valence-corrected chi connectivity index (χ0v) is 11.9. The number of halogens is 1. The van der Waals surface area contributed by atoms with E-state index in [1.165, 1.54) is 17.8 Å². The summed E-state index contributed by atoms with van der Waals surface area (Å²) in [5.41, 5.74) is 7.50.